The van der Waals surface area contributed by atoms with Gasteiger partial charge in [-0.05, 0) is 58.1 Å². The van der Waals surface area contributed by atoms with Gasteiger partial charge in [-0.2, -0.15) is 0 Å². The van der Waals surface area contributed by atoms with Gasteiger partial charge in [-0.3, -0.25) is 14.8 Å². The lowest BCUT2D eigenvalue weighted by Gasteiger charge is -2.61. The molecule has 136 valence electrons. The van der Waals surface area contributed by atoms with Gasteiger partial charge < -0.3 is 4.74 Å². The molecule has 3 fully saturated rings. The third-order valence-corrected chi connectivity index (χ3v) is 5.08. The summed E-state index contributed by atoms with van der Waals surface area (Å²) in [4.78, 5) is 29.8. The van der Waals surface area contributed by atoms with Crippen LogP contribution in [-0.2, 0) is 16.1 Å². The lowest BCUT2D eigenvalue weighted by Crippen LogP contribution is -2.63. The van der Waals surface area contributed by atoms with Crippen LogP contribution in [0.4, 0.5) is 4.79 Å². The Morgan fingerprint density at radius 3 is 2.40 bits per heavy atom. The third-order valence-electron chi connectivity index (χ3n) is 4.85. The predicted octanol–water partition coefficient (Wildman–Crippen LogP) is 3.65. The van der Waals surface area contributed by atoms with Crippen LogP contribution in [0.3, 0.4) is 0 Å². The number of carbonyl (C=O) groups is 2. The number of carbonyl (C=O) groups excluding carboxylic acids is 2. The van der Waals surface area contributed by atoms with E-state index in [0.717, 1.165) is 19.3 Å². The number of amides is 2. The molecule has 3 aliphatic carbocycles. The zero-order valence-electron chi connectivity index (χ0n) is 15.1. The topological polar surface area (TPSA) is 62.7 Å². The minimum absolute atomic E-state index is 0.0187. The smallest absolute Gasteiger partial charge is 0.429 e. The van der Waals surface area contributed by atoms with Gasteiger partial charge in [0.2, 0.25) is 5.91 Å². The normalized spacial score (nSPS) is 24.0. The third kappa shape index (κ3) is 3.59. The number of halogens is 1. The Hall–Kier alpha value is -1.82. The lowest BCUT2D eigenvalue weighted by molar-refractivity contribution is -0.190. The Morgan fingerprint density at radius 1 is 1.32 bits per heavy atom. The molecule has 0 aliphatic heterocycles. The van der Waals surface area contributed by atoms with Crippen molar-refractivity contribution < 1.29 is 14.3 Å². The van der Waals surface area contributed by atoms with Gasteiger partial charge in [-0.25, -0.2) is 9.80 Å². The molecule has 1 aromatic rings. The number of hydrazine groups is 1. The molecule has 2 bridgehead atoms. The highest BCUT2D eigenvalue weighted by Crippen LogP contribution is 2.65. The van der Waals surface area contributed by atoms with Crippen LogP contribution in [0, 0.1) is 11.3 Å². The van der Waals surface area contributed by atoms with Crippen LogP contribution in [0.2, 0.25) is 5.02 Å². The Kier molecular flexibility index (Phi) is 4.43. The standard InChI is InChI=1S/C18H24ClN3O3/c1-17(2,3)25-16(24)22(11-14-6-5-13(19)10-20-14)21(4)15(23)18-7-12(8-18)9-18/h5-6,10,12H,7-9,11H2,1-4H3. The first-order chi connectivity index (χ1) is 11.6. The van der Waals surface area contributed by atoms with Gasteiger partial charge in [0.05, 0.1) is 22.7 Å². The molecule has 0 unspecified atom stereocenters. The van der Waals surface area contributed by atoms with E-state index in [0.29, 0.717) is 16.6 Å². The van der Waals surface area contributed by atoms with E-state index in [1.54, 1.807) is 40.0 Å². The fraction of sp³-hybridized carbons (Fsp3) is 0.611. The second-order valence-electron chi connectivity index (χ2n) is 8.09. The van der Waals surface area contributed by atoms with Gasteiger partial charge in [0.25, 0.3) is 0 Å². The van der Waals surface area contributed by atoms with E-state index in [-0.39, 0.29) is 17.9 Å². The van der Waals surface area contributed by atoms with Crippen molar-refractivity contribution in [1.82, 2.24) is 15.0 Å². The maximum atomic E-state index is 12.9. The average molecular weight is 366 g/mol. The molecule has 7 heteroatoms. The van der Waals surface area contributed by atoms with Gasteiger partial charge in [-0.1, -0.05) is 11.6 Å². The minimum atomic E-state index is -0.650. The predicted molar refractivity (Wildman–Crippen MR) is 93.6 cm³/mol. The van der Waals surface area contributed by atoms with Gasteiger partial charge in [0.1, 0.15) is 5.60 Å². The average Bonchev–Trinajstić information content (AvgIpc) is 2.40. The van der Waals surface area contributed by atoms with E-state index in [1.165, 1.54) is 16.2 Å². The summed E-state index contributed by atoms with van der Waals surface area (Å²) in [5.74, 6) is 0.667. The summed E-state index contributed by atoms with van der Waals surface area (Å²) in [5, 5.41) is 3.25. The summed E-state index contributed by atoms with van der Waals surface area (Å²) in [6, 6.07) is 3.44. The maximum Gasteiger partial charge on any atom is 0.429 e. The molecule has 4 rings (SSSR count). The van der Waals surface area contributed by atoms with Crippen molar-refractivity contribution in [2.75, 3.05) is 7.05 Å². The fourth-order valence-corrected chi connectivity index (χ4v) is 3.57. The molecule has 6 nitrogen and oxygen atoms in total. The Morgan fingerprint density at radius 2 is 1.96 bits per heavy atom. The second kappa shape index (κ2) is 6.16. The zero-order valence-corrected chi connectivity index (χ0v) is 15.8. The first-order valence-electron chi connectivity index (χ1n) is 8.49. The first-order valence-corrected chi connectivity index (χ1v) is 8.86. The van der Waals surface area contributed by atoms with Crippen LogP contribution in [0.15, 0.2) is 18.3 Å². The number of pyridine rings is 1. The molecule has 0 N–H and O–H groups in total. The van der Waals surface area contributed by atoms with Gasteiger partial charge in [0, 0.05) is 13.2 Å². The highest BCUT2D eigenvalue weighted by atomic mass is 35.5. The molecular formula is C18H24ClN3O3. The van der Waals surface area contributed by atoms with Crippen LogP contribution < -0.4 is 0 Å². The van der Waals surface area contributed by atoms with Crippen LogP contribution in [0.5, 0.6) is 0 Å². The van der Waals surface area contributed by atoms with Crippen LogP contribution in [0.1, 0.15) is 45.7 Å². The molecule has 3 saturated carbocycles. The second-order valence-corrected chi connectivity index (χ2v) is 8.53. The van der Waals surface area contributed by atoms with E-state index in [4.69, 9.17) is 16.3 Å². The molecule has 0 aromatic carbocycles. The van der Waals surface area contributed by atoms with E-state index in [2.05, 4.69) is 4.98 Å². The van der Waals surface area contributed by atoms with Crippen molar-refractivity contribution >= 4 is 23.6 Å². The molecule has 0 saturated heterocycles. The number of hydrogen-bond donors (Lipinski definition) is 0. The summed E-state index contributed by atoms with van der Waals surface area (Å²) >= 11 is 5.87. The first kappa shape index (κ1) is 18.0. The Bertz CT molecular complexity index is 667. The van der Waals surface area contributed by atoms with E-state index >= 15 is 0 Å². The molecule has 0 radical (unpaired) electrons. The zero-order chi connectivity index (χ0) is 18.4. The van der Waals surface area contributed by atoms with Crippen molar-refractivity contribution in [2.24, 2.45) is 11.3 Å². The van der Waals surface area contributed by atoms with Crippen LogP contribution in [-0.4, -0.2) is 39.7 Å². The van der Waals surface area contributed by atoms with E-state index in [1.807, 2.05) is 0 Å². The molecular weight excluding hydrogens is 342 g/mol. The Balaban J connectivity index is 1.78. The number of rotatable bonds is 3. The molecule has 25 heavy (non-hydrogen) atoms. The number of aromatic nitrogens is 1. The molecule has 1 heterocycles. The number of hydrogen-bond acceptors (Lipinski definition) is 4. The molecule has 3 aliphatic rings. The van der Waals surface area contributed by atoms with Gasteiger partial charge >= 0.3 is 6.09 Å². The highest BCUT2D eigenvalue weighted by molar-refractivity contribution is 6.30. The molecule has 1 aromatic heterocycles. The van der Waals surface area contributed by atoms with E-state index in [9.17, 15) is 9.59 Å². The van der Waals surface area contributed by atoms with Crippen LogP contribution in [0.25, 0.3) is 0 Å². The largest absolute Gasteiger partial charge is 0.442 e. The summed E-state index contributed by atoms with van der Waals surface area (Å²) in [7, 11) is 1.63. The summed E-state index contributed by atoms with van der Waals surface area (Å²) < 4.78 is 5.48. The quantitative estimate of drug-likeness (QED) is 0.767. The molecule has 2 amide bonds. The van der Waals surface area contributed by atoms with Crippen molar-refractivity contribution in [2.45, 2.75) is 52.2 Å². The Labute approximate surface area is 153 Å². The molecule has 0 atom stereocenters. The highest BCUT2D eigenvalue weighted by Gasteiger charge is 2.62. The van der Waals surface area contributed by atoms with Gasteiger partial charge in [-0.15, -0.1) is 0 Å². The van der Waals surface area contributed by atoms with Crippen LogP contribution >= 0.6 is 11.6 Å². The SMILES string of the molecule is CN(C(=O)C12CC(C1)C2)N(Cc1ccc(Cl)cn1)C(=O)OC(C)(C)C. The van der Waals surface area contributed by atoms with Crippen molar-refractivity contribution in [1.29, 1.82) is 0 Å². The number of ether oxygens (including phenoxy) is 1. The van der Waals surface area contributed by atoms with E-state index < -0.39 is 11.7 Å². The number of nitrogens with zero attached hydrogens (tertiary/aromatic N) is 3. The summed E-state index contributed by atoms with van der Waals surface area (Å²) in [5.41, 5.74) is -0.289. The summed E-state index contributed by atoms with van der Waals surface area (Å²) in [6.07, 6.45) is 3.74. The molecule has 0 spiro atoms. The van der Waals surface area contributed by atoms with Crippen molar-refractivity contribution in [3.05, 3.63) is 29.0 Å². The van der Waals surface area contributed by atoms with Crippen molar-refractivity contribution in [3.63, 3.8) is 0 Å². The fourth-order valence-electron chi connectivity index (χ4n) is 3.45. The monoisotopic (exact) mass is 365 g/mol. The van der Waals surface area contributed by atoms with Crippen molar-refractivity contribution in [3.8, 4) is 0 Å². The maximum absolute atomic E-state index is 12.9. The van der Waals surface area contributed by atoms with Gasteiger partial charge in [0.15, 0.2) is 0 Å². The minimum Gasteiger partial charge on any atom is -0.442 e. The summed E-state index contributed by atoms with van der Waals surface area (Å²) in [6.45, 7) is 5.54. The lowest BCUT2D eigenvalue weighted by atomic mass is 9.44.